The number of amides is 1. The Labute approximate surface area is 138 Å². The molecule has 0 bridgehead atoms. The van der Waals surface area contributed by atoms with Crippen LogP contribution < -0.4 is 0 Å². The molecule has 0 N–H and O–H groups in total. The Bertz CT molecular complexity index is 709. The van der Waals surface area contributed by atoms with Crippen molar-refractivity contribution in [3.63, 3.8) is 0 Å². The van der Waals surface area contributed by atoms with Gasteiger partial charge in [-0.2, -0.15) is 4.98 Å². The van der Waals surface area contributed by atoms with Crippen LogP contribution in [0.4, 0.5) is 0 Å². The Hall–Kier alpha value is -2.64. The molecule has 0 unspecified atom stereocenters. The second-order valence-corrected chi connectivity index (χ2v) is 5.75. The first-order valence-electron chi connectivity index (χ1n) is 7.91. The normalized spacial score (nSPS) is 19.1. The maximum absolute atomic E-state index is 12.5. The van der Waals surface area contributed by atoms with Crippen molar-refractivity contribution in [3.8, 4) is 0 Å². The second kappa shape index (κ2) is 6.86. The molecule has 3 rings (SSSR count). The average molecular weight is 333 g/mol. The molecule has 128 valence electrons. The lowest BCUT2D eigenvalue weighted by Crippen LogP contribution is -2.48. The molecule has 2 atom stereocenters. The highest BCUT2D eigenvalue weighted by molar-refractivity contribution is 5.94. The van der Waals surface area contributed by atoms with Crippen molar-refractivity contribution >= 4 is 11.9 Å². The number of likely N-dealkylation sites (tertiary alicyclic amines) is 1. The number of nitrogens with zero attached hydrogens (tertiary/aromatic N) is 3. The van der Waals surface area contributed by atoms with Gasteiger partial charge >= 0.3 is 5.97 Å². The van der Waals surface area contributed by atoms with Gasteiger partial charge in [-0.3, -0.25) is 4.79 Å². The van der Waals surface area contributed by atoms with E-state index in [1.54, 1.807) is 26.0 Å². The van der Waals surface area contributed by atoms with Gasteiger partial charge in [0.05, 0.1) is 6.26 Å². The molecule has 0 aromatic carbocycles. The molecule has 0 saturated carbocycles. The largest absolute Gasteiger partial charge is 0.459 e. The van der Waals surface area contributed by atoms with Gasteiger partial charge in [0.1, 0.15) is 6.04 Å². The molecule has 1 aliphatic heterocycles. The number of furan rings is 1. The van der Waals surface area contributed by atoms with Crippen LogP contribution in [0.3, 0.4) is 0 Å². The Morgan fingerprint density at radius 2 is 2.25 bits per heavy atom. The zero-order chi connectivity index (χ0) is 17.1. The topological polar surface area (TPSA) is 98.7 Å². The summed E-state index contributed by atoms with van der Waals surface area (Å²) in [6.07, 6.45) is 3.02. The van der Waals surface area contributed by atoms with E-state index in [0.717, 1.165) is 12.8 Å². The SMILES string of the molecule is Cc1noc([C@H](C)OC(=O)[C@@H]2CCCCN2C(=O)c2ccco2)n1. The van der Waals surface area contributed by atoms with Gasteiger partial charge in [0, 0.05) is 6.54 Å². The molecule has 2 aromatic heterocycles. The van der Waals surface area contributed by atoms with Crippen LogP contribution in [0.1, 0.15) is 54.6 Å². The van der Waals surface area contributed by atoms with Crippen molar-refractivity contribution in [2.45, 2.75) is 45.3 Å². The molecule has 2 aromatic rings. The third-order valence-electron chi connectivity index (χ3n) is 3.95. The molecular weight excluding hydrogens is 314 g/mol. The number of carbonyl (C=O) groups is 2. The van der Waals surface area contributed by atoms with E-state index in [-0.39, 0.29) is 17.6 Å². The monoisotopic (exact) mass is 333 g/mol. The number of aryl methyl sites for hydroxylation is 1. The number of hydrogen-bond donors (Lipinski definition) is 0. The third-order valence-corrected chi connectivity index (χ3v) is 3.95. The lowest BCUT2D eigenvalue weighted by atomic mass is 10.0. The van der Waals surface area contributed by atoms with Crippen LogP contribution in [0.2, 0.25) is 0 Å². The van der Waals surface area contributed by atoms with E-state index in [2.05, 4.69) is 10.1 Å². The molecule has 1 amide bonds. The standard InChI is InChI=1S/C16H19N3O5/c1-10(14-17-11(2)18-24-14)23-16(21)12-6-3-4-8-19(12)15(20)13-7-5-9-22-13/h5,7,9-10,12H,3-4,6,8H2,1-2H3/t10-,12-/m0/s1. The molecule has 1 saturated heterocycles. The summed E-state index contributed by atoms with van der Waals surface area (Å²) in [7, 11) is 0. The quantitative estimate of drug-likeness (QED) is 0.791. The summed E-state index contributed by atoms with van der Waals surface area (Å²) in [5.41, 5.74) is 0. The van der Waals surface area contributed by atoms with E-state index in [9.17, 15) is 9.59 Å². The fraction of sp³-hybridized carbons (Fsp3) is 0.500. The number of carbonyl (C=O) groups excluding carboxylic acids is 2. The minimum Gasteiger partial charge on any atom is -0.459 e. The van der Waals surface area contributed by atoms with Crippen molar-refractivity contribution in [3.05, 3.63) is 35.9 Å². The van der Waals surface area contributed by atoms with Gasteiger partial charge < -0.3 is 18.6 Å². The van der Waals surface area contributed by atoms with Crippen LogP contribution in [-0.4, -0.2) is 39.5 Å². The molecule has 0 radical (unpaired) electrons. The fourth-order valence-electron chi connectivity index (χ4n) is 2.74. The maximum Gasteiger partial charge on any atom is 0.329 e. The molecule has 1 aliphatic rings. The van der Waals surface area contributed by atoms with Crippen LogP contribution in [-0.2, 0) is 9.53 Å². The van der Waals surface area contributed by atoms with Gasteiger partial charge in [0.15, 0.2) is 17.7 Å². The van der Waals surface area contributed by atoms with Crippen LogP contribution in [0.25, 0.3) is 0 Å². The van der Waals surface area contributed by atoms with Crippen molar-refractivity contribution in [1.29, 1.82) is 0 Å². The van der Waals surface area contributed by atoms with Crippen molar-refractivity contribution < 1.29 is 23.3 Å². The molecule has 24 heavy (non-hydrogen) atoms. The smallest absolute Gasteiger partial charge is 0.329 e. The first kappa shape index (κ1) is 16.2. The van der Waals surface area contributed by atoms with Gasteiger partial charge in [0.2, 0.25) is 0 Å². The summed E-state index contributed by atoms with van der Waals surface area (Å²) in [5, 5.41) is 3.68. The van der Waals surface area contributed by atoms with E-state index in [1.807, 2.05) is 0 Å². The number of esters is 1. The van der Waals surface area contributed by atoms with Crippen LogP contribution in [0.5, 0.6) is 0 Å². The van der Waals surface area contributed by atoms with Gasteiger partial charge in [-0.25, -0.2) is 4.79 Å². The summed E-state index contributed by atoms with van der Waals surface area (Å²) >= 11 is 0. The van der Waals surface area contributed by atoms with Crippen molar-refractivity contribution in [1.82, 2.24) is 15.0 Å². The number of rotatable bonds is 4. The number of ether oxygens (including phenoxy) is 1. The van der Waals surface area contributed by atoms with Gasteiger partial charge in [-0.15, -0.1) is 0 Å². The summed E-state index contributed by atoms with van der Waals surface area (Å²) < 4.78 is 15.6. The average Bonchev–Trinajstić information content (AvgIpc) is 3.25. The first-order chi connectivity index (χ1) is 11.6. The van der Waals surface area contributed by atoms with E-state index in [4.69, 9.17) is 13.7 Å². The molecule has 1 fully saturated rings. The maximum atomic E-state index is 12.5. The number of aromatic nitrogens is 2. The van der Waals surface area contributed by atoms with E-state index in [1.165, 1.54) is 11.2 Å². The predicted octanol–water partition coefficient (Wildman–Crippen LogP) is 2.27. The lowest BCUT2D eigenvalue weighted by Gasteiger charge is -2.33. The van der Waals surface area contributed by atoms with Gasteiger partial charge in [-0.1, -0.05) is 5.16 Å². The second-order valence-electron chi connectivity index (χ2n) is 5.75. The minimum absolute atomic E-state index is 0.218. The van der Waals surface area contributed by atoms with Crippen molar-refractivity contribution in [2.75, 3.05) is 6.54 Å². The van der Waals surface area contributed by atoms with Crippen LogP contribution >= 0.6 is 0 Å². The first-order valence-corrected chi connectivity index (χ1v) is 7.91. The van der Waals surface area contributed by atoms with Crippen LogP contribution in [0.15, 0.2) is 27.3 Å². The third kappa shape index (κ3) is 3.32. The Kier molecular flexibility index (Phi) is 4.64. The lowest BCUT2D eigenvalue weighted by molar-refractivity contribution is -0.156. The Morgan fingerprint density at radius 1 is 1.42 bits per heavy atom. The fourth-order valence-corrected chi connectivity index (χ4v) is 2.74. The summed E-state index contributed by atoms with van der Waals surface area (Å²) in [6, 6.07) is 2.59. The molecule has 0 spiro atoms. The highest BCUT2D eigenvalue weighted by Gasteiger charge is 2.36. The van der Waals surface area contributed by atoms with Crippen LogP contribution in [0, 0.1) is 6.92 Å². The van der Waals surface area contributed by atoms with E-state index >= 15 is 0 Å². The Morgan fingerprint density at radius 3 is 2.92 bits per heavy atom. The highest BCUT2D eigenvalue weighted by atomic mass is 16.6. The summed E-state index contributed by atoms with van der Waals surface area (Å²) in [4.78, 5) is 30.6. The van der Waals surface area contributed by atoms with Gasteiger partial charge in [0.25, 0.3) is 11.8 Å². The molecule has 8 nitrogen and oxygen atoms in total. The van der Waals surface area contributed by atoms with E-state index in [0.29, 0.717) is 18.8 Å². The zero-order valence-corrected chi connectivity index (χ0v) is 13.6. The summed E-state index contributed by atoms with van der Waals surface area (Å²) in [5.74, 6) is 0.150. The minimum atomic E-state index is -0.666. The molecular formula is C16H19N3O5. The van der Waals surface area contributed by atoms with E-state index < -0.39 is 18.1 Å². The zero-order valence-electron chi connectivity index (χ0n) is 13.6. The molecule has 3 heterocycles. The Balaban J connectivity index is 1.70. The molecule has 8 heteroatoms. The van der Waals surface area contributed by atoms with Crippen molar-refractivity contribution in [2.24, 2.45) is 0 Å². The molecule has 0 aliphatic carbocycles. The number of hydrogen-bond acceptors (Lipinski definition) is 7. The summed E-state index contributed by atoms with van der Waals surface area (Å²) in [6.45, 7) is 3.84. The predicted molar refractivity (Wildman–Crippen MR) is 80.9 cm³/mol. The van der Waals surface area contributed by atoms with Gasteiger partial charge in [-0.05, 0) is 45.2 Å². The highest BCUT2D eigenvalue weighted by Crippen LogP contribution is 2.23. The number of piperidine rings is 1.